The van der Waals surface area contributed by atoms with Gasteiger partial charge in [0.05, 0.1) is 17.4 Å². The summed E-state index contributed by atoms with van der Waals surface area (Å²) in [6.45, 7) is 16.8. The van der Waals surface area contributed by atoms with Gasteiger partial charge < -0.3 is 20.7 Å². The first-order chi connectivity index (χ1) is 22.5. The topological polar surface area (TPSA) is 107 Å². The number of anilines is 1. The van der Waals surface area contributed by atoms with E-state index in [-0.39, 0.29) is 12.1 Å². The van der Waals surface area contributed by atoms with Crippen LogP contribution in [-0.2, 0) is 9.59 Å². The molecule has 0 aromatic heterocycles. The number of allylic oxidation sites excluding steroid dienone is 3. The zero-order valence-corrected chi connectivity index (χ0v) is 31.2. The van der Waals surface area contributed by atoms with Crippen LogP contribution in [0.5, 0.6) is 5.75 Å². The van der Waals surface area contributed by atoms with Gasteiger partial charge in [-0.1, -0.05) is 76.9 Å². The third-order valence-corrected chi connectivity index (χ3v) is 7.08. The van der Waals surface area contributed by atoms with E-state index >= 15 is 0 Å². The number of likely N-dealkylation sites (N-methyl/N-ethyl adjacent to an activating group) is 1. The molecule has 1 aromatic rings. The number of carbonyl (C=O) groups excluding carboxylic acids is 2. The Labute approximate surface area is 291 Å². The Balaban J connectivity index is 0.00000111. The predicted molar refractivity (Wildman–Crippen MR) is 198 cm³/mol. The lowest BCUT2D eigenvalue weighted by Crippen LogP contribution is -2.42. The molecule has 0 saturated carbocycles. The molecule has 2 unspecified atom stereocenters. The maximum Gasteiger partial charge on any atom is 0.270 e. The van der Waals surface area contributed by atoms with Crippen LogP contribution in [0.3, 0.4) is 0 Å². The molecular formula is C35H55Cl2FN6O3. The molecule has 1 aliphatic heterocycles. The highest BCUT2D eigenvalue weighted by Gasteiger charge is 2.28. The van der Waals surface area contributed by atoms with Crippen LogP contribution in [0.2, 0.25) is 5.02 Å². The minimum Gasteiger partial charge on any atom is -0.486 e. The van der Waals surface area contributed by atoms with Gasteiger partial charge in [0.2, 0.25) is 6.41 Å². The fourth-order valence-electron chi connectivity index (χ4n) is 4.65. The molecule has 9 nitrogen and oxygen atoms in total. The van der Waals surface area contributed by atoms with Gasteiger partial charge in [-0.25, -0.2) is 4.39 Å². The molecule has 264 valence electrons. The van der Waals surface area contributed by atoms with E-state index in [1.807, 2.05) is 97.9 Å². The number of ether oxygens (including phenoxy) is 1. The van der Waals surface area contributed by atoms with E-state index < -0.39 is 11.5 Å². The van der Waals surface area contributed by atoms with Gasteiger partial charge in [-0.3, -0.25) is 24.5 Å². The van der Waals surface area contributed by atoms with Crippen molar-refractivity contribution >= 4 is 52.8 Å². The molecule has 0 bridgehead atoms. The summed E-state index contributed by atoms with van der Waals surface area (Å²) in [7, 11) is 3.79. The standard InChI is InChI=1S/C23H28ClN5O2.C8H15ClFNO.2C2H6/c1-4-6-18(25-2)13-31-22-10-9-17(12-20(22)24)28-23-19-11-16(27-15-30)7-5-8-21(19)29(3)14-26-23;1-5(2)4-6(3)11-8(12)7(9)10;2*1-2/h4,6-7,9-12,15,21H,5,8,13-14H2,1-3H3,(H,26,28)(H,27,30);5-7H,4H2,1-3H3,(H,11,12);2*1-2H3/b6-4-,25-18?;;;/t;6-,7?;;/m.0../s1. The quantitative estimate of drug-likeness (QED) is 0.124. The molecule has 2 aliphatic rings. The average molecular weight is 698 g/mol. The van der Waals surface area contributed by atoms with Crippen LogP contribution >= 0.6 is 23.2 Å². The first kappa shape index (κ1) is 43.8. The van der Waals surface area contributed by atoms with Gasteiger partial charge in [-0.05, 0) is 76.4 Å². The Morgan fingerprint density at radius 2 is 1.91 bits per heavy atom. The molecule has 1 heterocycles. The second kappa shape index (κ2) is 24.9. The summed E-state index contributed by atoms with van der Waals surface area (Å²) >= 11 is 11.4. The van der Waals surface area contributed by atoms with Gasteiger partial charge >= 0.3 is 0 Å². The second-order valence-electron chi connectivity index (χ2n) is 10.6. The summed E-state index contributed by atoms with van der Waals surface area (Å²) in [4.78, 5) is 32.7. The average Bonchev–Trinajstić information content (AvgIpc) is 3.26. The van der Waals surface area contributed by atoms with E-state index in [9.17, 15) is 14.0 Å². The van der Waals surface area contributed by atoms with Crippen LogP contribution in [-0.4, -0.2) is 73.8 Å². The highest BCUT2D eigenvalue weighted by atomic mass is 35.5. The Morgan fingerprint density at radius 1 is 1.23 bits per heavy atom. The predicted octanol–water partition coefficient (Wildman–Crippen LogP) is 7.92. The lowest BCUT2D eigenvalue weighted by molar-refractivity contribution is -0.124. The van der Waals surface area contributed by atoms with Crippen LogP contribution in [0.4, 0.5) is 10.1 Å². The smallest absolute Gasteiger partial charge is 0.270 e. The van der Waals surface area contributed by atoms with E-state index in [0.29, 0.717) is 36.4 Å². The molecule has 1 aromatic carbocycles. The van der Waals surface area contributed by atoms with Gasteiger partial charge in [-0.15, -0.1) is 0 Å². The zero-order chi connectivity index (χ0) is 35.9. The highest BCUT2D eigenvalue weighted by molar-refractivity contribution is 6.32. The van der Waals surface area contributed by atoms with Crippen molar-refractivity contribution in [1.82, 2.24) is 15.5 Å². The van der Waals surface area contributed by atoms with E-state index in [1.165, 1.54) is 0 Å². The second-order valence-corrected chi connectivity index (χ2v) is 11.4. The molecule has 2 amide bonds. The fraction of sp³-hybridized carbons (Fsp3) is 0.543. The van der Waals surface area contributed by atoms with Crippen molar-refractivity contribution in [3.05, 3.63) is 58.8 Å². The molecule has 0 radical (unpaired) electrons. The molecule has 3 atom stereocenters. The number of hydrogen-bond acceptors (Lipinski definition) is 7. The van der Waals surface area contributed by atoms with Gasteiger partial charge in [0.25, 0.3) is 11.5 Å². The summed E-state index contributed by atoms with van der Waals surface area (Å²) in [5.41, 5.74) is 1.54. The van der Waals surface area contributed by atoms with Crippen LogP contribution < -0.4 is 20.7 Å². The Hall–Kier alpha value is -3.21. The summed E-state index contributed by atoms with van der Waals surface area (Å²) in [6.07, 6.45) is 11.2. The first-order valence-electron chi connectivity index (χ1n) is 16.2. The van der Waals surface area contributed by atoms with Gasteiger partial charge in [0.15, 0.2) is 0 Å². The number of rotatable bonds is 11. The van der Waals surface area contributed by atoms with Crippen LogP contribution in [0.1, 0.15) is 74.7 Å². The van der Waals surface area contributed by atoms with Crippen LogP contribution in [0, 0.1) is 5.92 Å². The zero-order valence-electron chi connectivity index (χ0n) is 29.7. The third kappa shape index (κ3) is 16.4. The van der Waals surface area contributed by atoms with Crippen molar-refractivity contribution < 1.29 is 18.7 Å². The van der Waals surface area contributed by atoms with Crippen molar-refractivity contribution in [3.8, 4) is 5.75 Å². The number of aliphatic imine (C=N–C) groups is 2. The summed E-state index contributed by atoms with van der Waals surface area (Å²) in [5.74, 6) is 1.11. The largest absolute Gasteiger partial charge is 0.486 e. The van der Waals surface area contributed by atoms with Crippen molar-refractivity contribution in [2.75, 3.05) is 32.7 Å². The van der Waals surface area contributed by atoms with Crippen molar-refractivity contribution in [1.29, 1.82) is 0 Å². The number of amidine groups is 1. The lowest BCUT2D eigenvalue weighted by Gasteiger charge is -2.33. The number of benzene rings is 1. The molecule has 1 aliphatic carbocycles. The monoisotopic (exact) mass is 696 g/mol. The number of nitrogens with zero attached hydrogens (tertiary/aromatic N) is 3. The molecule has 0 fully saturated rings. The van der Waals surface area contributed by atoms with E-state index in [2.05, 4.69) is 32.9 Å². The summed E-state index contributed by atoms with van der Waals surface area (Å²) < 4.78 is 18.0. The number of hydrogen-bond donors (Lipinski definition) is 3. The third-order valence-electron chi connectivity index (χ3n) is 6.59. The van der Waals surface area contributed by atoms with Crippen molar-refractivity contribution in [3.63, 3.8) is 0 Å². The number of nitrogens with one attached hydrogen (secondary N) is 3. The Morgan fingerprint density at radius 3 is 2.47 bits per heavy atom. The maximum absolute atomic E-state index is 12.1. The van der Waals surface area contributed by atoms with Crippen LogP contribution in [0.15, 0.2) is 63.8 Å². The minimum absolute atomic E-state index is 0.0190. The normalized spacial score (nSPS) is 17.3. The van der Waals surface area contributed by atoms with E-state index in [1.54, 1.807) is 7.05 Å². The lowest BCUT2D eigenvalue weighted by atomic mass is 9.99. The molecule has 0 spiro atoms. The molecule has 47 heavy (non-hydrogen) atoms. The Kier molecular flexibility index (Phi) is 23.2. The number of fused-ring (bicyclic) bond motifs is 1. The van der Waals surface area contributed by atoms with Gasteiger partial charge in [0, 0.05) is 36.1 Å². The fourth-order valence-corrected chi connectivity index (χ4v) is 4.94. The molecule has 12 heteroatoms. The van der Waals surface area contributed by atoms with Gasteiger partial charge in [0.1, 0.15) is 18.2 Å². The van der Waals surface area contributed by atoms with E-state index in [0.717, 1.165) is 47.8 Å². The van der Waals surface area contributed by atoms with Crippen molar-refractivity contribution in [2.24, 2.45) is 15.9 Å². The maximum atomic E-state index is 12.1. The number of carbonyl (C=O) groups is 2. The molecule has 0 saturated heterocycles. The Bertz CT molecular complexity index is 1250. The number of amides is 2. The molecule has 3 N–H and O–H groups in total. The summed E-state index contributed by atoms with van der Waals surface area (Å²) in [6, 6.07) is 5.77. The van der Waals surface area contributed by atoms with Crippen LogP contribution in [0.25, 0.3) is 0 Å². The van der Waals surface area contributed by atoms with Crippen molar-refractivity contribution in [2.45, 2.75) is 92.4 Å². The number of halogens is 3. The number of alkyl halides is 2. The van der Waals surface area contributed by atoms with Gasteiger partial charge in [-0.2, -0.15) is 0 Å². The minimum atomic E-state index is -1.93. The van der Waals surface area contributed by atoms with E-state index in [4.69, 9.17) is 32.9 Å². The molecule has 3 rings (SSSR count). The SMILES string of the molecule is C/C=C\C(COc1ccc(NC2=NCN(C)C3CCC=C(NC=O)C=C23)cc1Cl)=NC.CC.CC.CC(C)C[C@H](C)NC(=O)C(F)Cl. The first-order valence-corrected chi connectivity index (χ1v) is 17.0. The molecular weight excluding hydrogens is 642 g/mol. The summed E-state index contributed by atoms with van der Waals surface area (Å²) in [5, 5.41) is 9.12. The highest BCUT2D eigenvalue weighted by Crippen LogP contribution is 2.30.